The Morgan fingerprint density at radius 2 is 1.69 bits per heavy atom. The quantitative estimate of drug-likeness (QED) is 0.825. The average molecular weight is 398 g/mol. The van der Waals surface area contributed by atoms with E-state index < -0.39 is 0 Å². The summed E-state index contributed by atoms with van der Waals surface area (Å²) in [7, 11) is 0. The first kappa shape index (κ1) is 19.0. The fourth-order valence-corrected chi connectivity index (χ4v) is 4.58. The molecule has 4 aliphatic heterocycles. The number of piperazine rings is 1. The molecule has 3 atom stereocenters. The number of hydrogen-bond donors (Lipinski definition) is 1. The molecule has 156 valence electrons. The number of ether oxygens (including phenoxy) is 1. The summed E-state index contributed by atoms with van der Waals surface area (Å²) in [5.74, 6) is 0.104. The second-order valence-electron chi connectivity index (χ2n) is 8.23. The van der Waals surface area contributed by atoms with Crippen molar-refractivity contribution in [2.24, 2.45) is 0 Å². The van der Waals surface area contributed by atoms with Gasteiger partial charge in [0.2, 0.25) is 0 Å². The van der Waals surface area contributed by atoms with Crippen LogP contribution in [-0.2, 0) is 9.53 Å². The first-order chi connectivity index (χ1) is 14.2. The van der Waals surface area contributed by atoms with Gasteiger partial charge in [-0.3, -0.25) is 9.59 Å². The lowest BCUT2D eigenvalue weighted by Crippen LogP contribution is -2.54. The summed E-state index contributed by atoms with van der Waals surface area (Å²) < 4.78 is 5.29. The van der Waals surface area contributed by atoms with Crippen molar-refractivity contribution in [2.75, 3.05) is 45.9 Å². The van der Waals surface area contributed by atoms with Gasteiger partial charge in [0.15, 0.2) is 0 Å². The van der Waals surface area contributed by atoms with Crippen molar-refractivity contribution in [1.29, 1.82) is 0 Å². The second-order valence-corrected chi connectivity index (χ2v) is 8.23. The van der Waals surface area contributed by atoms with E-state index in [9.17, 15) is 9.59 Å². The fraction of sp³-hybridized carbons (Fsp3) is 0.619. The summed E-state index contributed by atoms with van der Waals surface area (Å²) in [6.45, 7) is 4.94. The molecule has 2 amide bonds. The maximum absolute atomic E-state index is 12.9. The number of nitrogens with zero attached hydrogens (tertiary/aromatic N) is 4. The van der Waals surface area contributed by atoms with Gasteiger partial charge in [-0.15, -0.1) is 0 Å². The minimum Gasteiger partial charge on any atom is -0.587 e. The summed E-state index contributed by atoms with van der Waals surface area (Å²) in [5.41, 5.74) is 6.73. The van der Waals surface area contributed by atoms with Gasteiger partial charge in [0, 0.05) is 50.9 Å². The Bertz CT molecular complexity index is 758. The van der Waals surface area contributed by atoms with E-state index in [4.69, 9.17) is 10.2 Å². The van der Waals surface area contributed by atoms with Gasteiger partial charge in [-0.25, -0.2) is 0 Å². The normalized spacial score (nSPS) is 30.0. The number of hydrogen-bond acceptors (Lipinski definition) is 5. The van der Waals surface area contributed by atoms with Crippen molar-refractivity contribution in [2.45, 2.75) is 37.6 Å². The van der Waals surface area contributed by atoms with Crippen LogP contribution in [0.15, 0.2) is 24.3 Å². The van der Waals surface area contributed by atoms with Gasteiger partial charge < -0.3 is 30.3 Å². The van der Waals surface area contributed by atoms with E-state index in [2.05, 4.69) is 10.3 Å². The van der Waals surface area contributed by atoms with E-state index >= 15 is 0 Å². The van der Waals surface area contributed by atoms with Crippen LogP contribution in [0.3, 0.4) is 0 Å². The molecule has 8 heteroatoms. The summed E-state index contributed by atoms with van der Waals surface area (Å²) in [6.07, 6.45) is 3.08. The molecule has 4 fully saturated rings. The maximum atomic E-state index is 12.9. The molecular formula is C21H28N5O3-. The van der Waals surface area contributed by atoms with Crippen molar-refractivity contribution < 1.29 is 14.3 Å². The molecule has 29 heavy (non-hydrogen) atoms. The van der Waals surface area contributed by atoms with Crippen molar-refractivity contribution in [3.63, 3.8) is 0 Å². The Balaban J connectivity index is 1.16. The van der Waals surface area contributed by atoms with Gasteiger partial charge in [-0.2, -0.15) is 0 Å². The lowest BCUT2D eigenvalue weighted by Gasteiger charge is -2.49. The number of amides is 2. The Kier molecular flexibility index (Phi) is 5.26. The molecular weight excluding hydrogens is 370 g/mol. The van der Waals surface area contributed by atoms with Gasteiger partial charge in [-0.05, 0) is 25.1 Å². The molecule has 8 nitrogen and oxygen atoms in total. The number of rotatable bonds is 3. The molecule has 1 aromatic rings. The van der Waals surface area contributed by atoms with Gasteiger partial charge in [0.05, 0.1) is 6.61 Å². The van der Waals surface area contributed by atoms with Crippen LogP contribution >= 0.6 is 0 Å². The standard InChI is InChI=1S/C21H28N5O3/c27-20(24-10-12-25(13-11-24)21(28)18-7-14-29-18)16-3-1-15(2-4-16)17-5-6-19-22-8-9-26(19)23-17/h1-4,17-19,22H,5-14H2/q-1. The highest BCUT2D eigenvalue weighted by Crippen LogP contribution is 2.36. The SMILES string of the molecule is O=C(c1ccc(C2CCC3NCCN3[N-]2)cc1)N1CCN(C(=O)C2CCO2)CC1. The minimum absolute atomic E-state index is 0.0351. The molecule has 0 aromatic heterocycles. The van der Waals surface area contributed by atoms with Gasteiger partial charge in [0.1, 0.15) is 6.10 Å². The van der Waals surface area contributed by atoms with Crippen molar-refractivity contribution in [1.82, 2.24) is 20.1 Å². The number of benzene rings is 1. The zero-order chi connectivity index (χ0) is 19.8. The fourth-order valence-electron chi connectivity index (χ4n) is 4.58. The lowest BCUT2D eigenvalue weighted by molar-refractivity contribution is -0.157. The Morgan fingerprint density at radius 1 is 0.966 bits per heavy atom. The summed E-state index contributed by atoms with van der Waals surface area (Å²) in [4.78, 5) is 28.8. The van der Waals surface area contributed by atoms with Gasteiger partial charge >= 0.3 is 0 Å². The number of fused-ring (bicyclic) bond motifs is 1. The number of carbonyl (C=O) groups excluding carboxylic acids is 2. The molecule has 0 aliphatic carbocycles. The van der Waals surface area contributed by atoms with E-state index in [0.29, 0.717) is 44.5 Å². The summed E-state index contributed by atoms with van der Waals surface area (Å²) in [6, 6.07) is 8.10. The molecule has 1 N–H and O–H groups in total. The van der Waals surface area contributed by atoms with Crippen LogP contribution < -0.4 is 5.32 Å². The Morgan fingerprint density at radius 3 is 2.38 bits per heavy atom. The van der Waals surface area contributed by atoms with Crippen molar-refractivity contribution >= 4 is 11.8 Å². The first-order valence-electron chi connectivity index (χ1n) is 10.7. The van der Waals surface area contributed by atoms with Crippen LogP contribution in [0, 0.1) is 0 Å². The van der Waals surface area contributed by atoms with Crippen LogP contribution in [0.2, 0.25) is 0 Å². The highest BCUT2D eigenvalue weighted by atomic mass is 16.5. The molecule has 4 saturated heterocycles. The number of nitrogens with one attached hydrogen (secondary N) is 1. The largest absolute Gasteiger partial charge is 0.587 e. The van der Waals surface area contributed by atoms with Gasteiger partial charge in [0.25, 0.3) is 11.8 Å². The minimum atomic E-state index is -0.262. The van der Waals surface area contributed by atoms with E-state index in [1.165, 1.54) is 5.56 Å². The van der Waals surface area contributed by atoms with E-state index in [-0.39, 0.29) is 24.0 Å². The molecule has 1 aromatic carbocycles. The smallest absolute Gasteiger partial charge is 0.253 e. The molecule has 4 aliphatic rings. The molecule has 4 heterocycles. The molecule has 0 spiro atoms. The molecule has 0 bridgehead atoms. The lowest BCUT2D eigenvalue weighted by atomic mass is 9.98. The van der Waals surface area contributed by atoms with Crippen LogP contribution in [0.1, 0.15) is 41.2 Å². The van der Waals surface area contributed by atoms with Crippen molar-refractivity contribution in [3.05, 3.63) is 40.8 Å². The third kappa shape index (κ3) is 3.77. The highest BCUT2D eigenvalue weighted by Gasteiger charge is 2.33. The molecule has 0 radical (unpaired) electrons. The predicted molar refractivity (Wildman–Crippen MR) is 107 cm³/mol. The van der Waals surface area contributed by atoms with E-state index in [1.54, 1.807) is 0 Å². The zero-order valence-electron chi connectivity index (χ0n) is 16.6. The third-order valence-electron chi connectivity index (χ3n) is 6.48. The van der Waals surface area contributed by atoms with Gasteiger partial charge in [-0.1, -0.05) is 30.2 Å². The second kappa shape index (κ2) is 8.02. The molecule has 3 unspecified atom stereocenters. The highest BCUT2D eigenvalue weighted by molar-refractivity contribution is 5.94. The molecule has 5 rings (SSSR count). The predicted octanol–water partition coefficient (Wildman–Crippen LogP) is 1.11. The topological polar surface area (TPSA) is 79.2 Å². The average Bonchev–Trinajstić information content (AvgIpc) is 3.20. The van der Waals surface area contributed by atoms with Crippen molar-refractivity contribution in [3.8, 4) is 0 Å². The zero-order valence-corrected chi connectivity index (χ0v) is 16.6. The first-order valence-corrected chi connectivity index (χ1v) is 10.7. The maximum Gasteiger partial charge on any atom is 0.253 e. The van der Waals surface area contributed by atoms with E-state index in [1.807, 2.05) is 34.1 Å². The van der Waals surface area contributed by atoms with E-state index in [0.717, 1.165) is 32.4 Å². The third-order valence-corrected chi connectivity index (χ3v) is 6.48. The van der Waals surface area contributed by atoms with Crippen LogP contribution in [-0.4, -0.2) is 84.8 Å². The van der Waals surface area contributed by atoms with Crippen LogP contribution in [0.5, 0.6) is 0 Å². The Hall–Kier alpha value is -2.00. The van der Waals surface area contributed by atoms with Crippen LogP contribution in [0.4, 0.5) is 0 Å². The Labute approximate surface area is 171 Å². The number of carbonyl (C=O) groups is 2. The monoisotopic (exact) mass is 398 g/mol. The van der Waals surface area contributed by atoms with Crippen LogP contribution in [0.25, 0.3) is 5.43 Å². The summed E-state index contributed by atoms with van der Waals surface area (Å²) >= 11 is 0. The molecule has 0 saturated carbocycles. The summed E-state index contributed by atoms with van der Waals surface area (Å²) in [5, 5.41) is 5.63.